The van der Waals surface area contributed by atoms with Gasteiger partial charge in [-0.15, -0.1) is 0 Å². The number of nitrogens with zero attached hydrogens (tertiary/aromatic N) is 1. The minimum atomic E-state index is -0.658. The molecule has 35 heavy (non-hydrogen) atoms. The van der Waals surface area contributed by atoms with Crippen molar-refractivity contribution in [1.29, 1.82) is 0 Å². The molecule has 4 rings (SSSR count). The largest absolute Gasteiger partial charge is 0.352 e. The Morgan fingerprint density at radius 3 is 2.17 bits per heavy atom. The van der Waals surface area contributed by atoms with Gasteiger partial charge in [0.2, 0.25) is 11.8 Å². The maximum atomic E-state index is 13.7. The summed E-state index contributed by atoms with van der Waals surface area (Å²) in [6.07, 6.45) is 4.69. The molecule has 0 unspecified atom stereocenters. The van der Waals surface area contributed by atoms with Crippen molar-refractivity contribution in [2.24, 2.45) is 0 Å². The number of benzene rings is 3. The van der Waals surface area contributed by atoms with Crippen LogP contribution in [0.3, 0.4) is 0 Å². The standard InChI is InChI=1S/C29H30BrFN2O2/c30-24-14-10-23(11-15-24)20-33(28(34)19-22-12-16-25(31)17-13-22)27(18-21-6-2-1-3-7-21)29(35)32-26-8-4-5-9-26/h1-3,6-7,10-17,26-27H,4-5,8-9,18-20H2,(H,32,35)/t27-/m0/s1. The summed E-state index contributed by atoms with van der Waals surface area (Å²) in [5, 5.41) is 3.21. The van der Waals surface area contributed by atoms with Crippen LogP contribution in [-0.2, 0) is 29.0 Å². The summed E-state index contributed by atoms with van der Waals surface area (Å²) in [7, 11) is 0. The highest BCUT2D eigenvalue weighted by Gasteiger charge is 2.32. The second-order valence-corrected chi connectivity index (χ2v) is 10.1. The zero-order valence-corrected chi connectivity index (χ0v) is 21.2. The number of nitrogens with one attached hydrogen (secondary N) is 1. The lowest BCUT2D eigenvalue weighted by Crippen LogP contribution is -2.52. The van der Waals surface area contributed by atoms with Crippen LogP contribution >= 0.6 is 15.9 Å². The maximum Gasteiger partial charge on any atom is 0.243 e. The van der Waals surface area contributed by atoms with E-state index in [1.54, 1.807) is 17.0 Å². The summed E-state index contributed by atoms with van der Waals surface area (Å²) < 4.78 is 14.4. The summed E-state index contributed by atoms with van der Waals surface area (Å²) in [4.78, 5) is 29.0. The lowest BCUT2D eigenvalue weighted by Gasteiger charge is -2.32. The van der Waals surface area contributed by atoms with Crippen molar-refractivity contribution >= 4 is 27.7 Å². The van der Waals surface area contributed by atoms with Crippen LogP contribution in [0.4, 0.5) is 4.39 Å². The van der Waals surface area contributed by atoms with Gasteiger partial charge in [-0.2, -0.15) is 0 Å². The first kappa shape index (κ1) is 25.1. The van der Waals surface area contributed by atoms with Crippen molar-refractivity contribution in [3.05, 3.63) is 106 Å². The van der Waals surface area contributed by atoms with Crippen molar-refractivity contribution in [1.82, 2.24) is 10.2 Å². The van der Waals surface area contributed by atoms with Crippen LogP contribution in [0.25, 0.3) is 0 Å². The van der Waals surface area contributed by atoms with Crippen LogP contribution in [-0.4, -0.2) is 28.8 Å². The fourth-order valence-corrected chi connectivity index (χ4v) is 4.85. The Kier molecular flexibility index (Phi) is 8.69. The Morgan fingerprint density at radius 1 is 0.886 bits per heavy atom. The lowest BCUT2D eigenvalue weighted by molar-refractivity contribution is -0.141. The summed E-state index contributed by atoms with van der Waals surface area (Å²) in [6.45, 7) is 0.308. The average molecular weight is 537 g/mol. The van der Waals surface area contributed by atoms with E-state index >= 15 is 0 Å². The van der Waals surface area contributed by atoms with E-state index in [2.05, 4.69) is 21.2 Å². The quantitative estimate of drug-likeness (QED) is 0.374. The molecule has 1 N–H and O–H groups in total. The first-order valence-corrected chi connectivity index (χ1v) is 12.9. The van der Waals surface area contributed by atoms with Gasteiger partial charge in [0, 0.05) is 23.5 Å². The molecule has 3 aromatic carbocycles. The van der Waals surface area contributed by atoms with Gasteiger partial charge in [0.25, 0.3) is 0 Å². The first-order valence-electron chi connectivity index (χ1n) is 12.1. The van der Waals surface area contributed by atoms with E-state index < -0.39 is 6.04 Å². The van der Waals surface area contributed by atoms with Crippen molar-refractivity contribution in [2.75, 3.05) is 0 Å². The summed E-state index contributed by atoms with van der Waals surface area (Å²) in [5.74, 6) is -0.627. The summed E-state index contributed by atoms with van der Waals surface area (Å²) in [5.41, 5.74) is 2.65. The fraction of sp³-hybridized carbons (Fsp3) is 0.310. The smallest absolute Gasteiger partial charge is 0.243 e. The fourth-order valence-electron chi connectivity index (χ4n) is 4.59. The number of rotatable bonds is 9. The van der Waals surface area contributed by atoms with E-state index in [-0.39, 0.29) is 30.1 Å². The molecule has 0 spiro atoms. The number of halogens is 2. The number of carbonyl (C=O) groups is 2. The molecule has 1 saturated carbocycles. The molecule has 2 amide bonds. The molecule has 0 aliphatic heterocycles. The topological polar surface area (TPSA) is 49.4 Å². The van der Waals surface area contributed by atoms with Crippen LogP contribution in [0, 0.1) is 5.82 Å². The maximum absolute atomic E-state index is 13.7. The predicted molar refractivity (Wildman–Crippen MR) is 139 cm³/mol. The Bertz CT molecular complexity index is 1110. The van der Waals surface area contributed by atoms with Gasteiger partial charge in [-0.1, -0.05) is 83.4 Å². The summed E-state index contributed by atoms with van der Waals surface area (Å²) in [6, 6.07) is 23.0. The van der Waals surface area contributed by atoms with E-state index in [4.69, 9.17) is 0 Å². The second-order valence-electron chi connectivity index (χ2n) is 9.15. The molecule has 0 radical (unpaired) electrons. The van der Waals surface area contributed by atoms with E-state index in [1.165, 1.54) is 12.1 Å². The SMILES string of the molecule is O=C(NC1CCCC1)[C@H](Cc1ccccc1)N(Cc1ccc(Br)cc1)C(=O)Cc1ccc(F)cc1. The van der Waals surface area contributed by atoms with Crippen LogP contribution < -0.4 is 5.32 Å². The highest BCUT2D eigenvalue weighted by molar-refractivity contribution is 9.10. The van der Waals surface area contributed by atoms with E-state index in [1.807, 2.05) is 54.6 Å². The van der Waals surface area contributed by atoms with Crippen molar-refractivity contribution < 1.29 is 14.0 Å². The molecule has 0 saturated heterocycles. The number of amides is 2. The molecular formula is C29H30BrFN2O2. The molecule has 1 atom stereocenters. The highest BCUT2D eigenvalue weighted by Crippen LogP contribution is 2.21. The van der Waals surface area contributed by atoms with Crippen LogP contribution in [0.15, 0.2) is 83.3 Å². The molecule has 1 aliphatic carbocycles. The number of hydrogen-bond acceptors (Lipinski definition) is 2. The van der Waals surface area contributed by atoms with Crippen LogP contribution in [0.5, 0.6) is 0 Å². The van der Waals surface area contributed by atoms with E-state index in [0.29, 0.717) is 18.5 Å². The minimum Gasteiger partial charge on any atom is -0.352 e. The molecule has 4 nitrogen and oxygen atoms in total. The van der Waals surface area contributed by atoms with Crippen molar-refractivity contribution in [3.63, 3.8) is 0 Å². The monoisotopic (exact) mass is 536 g/mol. The Balaban J connectivity index is 1.64. The molecule has 1 fully saturated rings. The zero-order valence-electron chi connectivity index (χ0n) is 19.6. The molecule has 182 valence electrons. The Hall–Kier alpha value is -2.99. The van der Waals surface area contributed by atoms with Crippen molar-refractivity contribution in [2.45, 2.75) is 57.2 Å². The predicted octanol–water partition coefficient (Wildman–Crippen LogP) is 5.83. The van der Waals surface area contributed by atoms with Crippen LogP contribution in [0.2, 0.25) is 0 Å². The molecule has 3 aromatic rings. The zero-order chi connectivity index (χ0) is 24.6. The van der Waals surface area contributed by atoms with Gasteiger partial charge in [0.15, 0.2) is 0 Å². The molecule has 6 heteroatoms. The van der Waals surface area contributed by atoms with E-state index in [9.17, 15) is 14.0 Å². The van der Waals surface area contributed by atoms with Gasteiger partial charge < -0.3 is 10.2 Å². The van der Waals surface area contributed by atoms with Gasteiger partial charge in [-0.25, -0.2) is 4.39 Å². The lowest BCUT2D eigenvalue weighted by atomic mass is 10.0. The first-order chi connectivity index (χ1) is 17.0. The highest BCUT2D eigenvalue weighted by atomic mass is 79.9. The third kappa shape index (κ3) is 7.25. The van der Waals surface area contributed by atoms with Crippen LogP contribution in [0.1, 0.15) is 42.4 Å². The summed E-state index contributed by atoms with van der Waals surface area (Å²) >= 11 is 3.46. The minimum absolute atomic E-state index is 0.0960. The Morgan fingerprint density at radius 2 is 1.51 bits per heavy atom. The third-order valence-corrected chi connectivity index (χ3v) is 7.04. The molecular weight excluding hydrogens is 507 g/mol. The van der Waals surface area contributed by atoms with Crippen molar-refractivity contribution in [3.8, 4) is 0 Å². The molecule has 0 heterocycles. The van der Waals surface area contributed by atoms with Gasteiger partial charge in [-0.05, 0) is 53.8 Å². The number of hydrogen-bond donors (Lipinski definition) is 1. The second kappa shape index (κ2) is 12.1. The average Bonchev–Trinajstić information content (AvgIpc) is 3.37. The van der Waals surface area contributed by atoms with E-state index in [0.717, 1.165) is 41.3 Å². The van der Waals surface area contributed by atoms with Gasteiger partial charge >= 0.3 is 0 Å². The molecule has 0 aromatic heterocycles. The van der Waals surface area contributed by atoms with Gasteiger partial charge in [0.05, 0.1) is 6.42 Å². The molecule has 0 bridgehead atoms. The third-order valence-electron chi connectivity index (χ3n) is 6.51. The van der Waals surface area contributed by atoms with Gasteiger partial charge in [-0.3, -0.25) is 9.59 Å². The number of carbonyl (C=O) groups excluding carboxylic acids is 2. The Labute approximate surface area is 214 Å². The normalized spacial score (nSPS) is 14.5. The molecule has 1 aliphatic rings. The van der Waals surface area contributed by atoms with Gasteiger partial charge in [0.1, 0.15) is 11.9 Å².